The highest BCUT2D eigenvalue weighted by Gasteiger charge is 2.23. The van der Waals surface area contributed by atoms with Gasteiger partial charge in [-0.25, -0.2) is 17.2 Å². The highest BCUT2D eigenvalue weighted by molar-refractivity contribution is 7.91. The minimum atomic E-state index is -4.26. The van der Waals surface area contributed by atoms with Crippen LogP contribution in [-0.4, -0.2) is 63.0 Å². The summed E-state index contributed by atoms with van der Waals surface area (Å²) in [6, 6.07) is 12.1. The van der Waals surface area contributed by atoms with Crippen molar-refractivity contribution in [1.29, 1.82) is 0 Å². The highest BCUT2D eigenvalue weighted by atomic mass is 32.2. The molecule has 2 fully saturated rings. The maximum absolute atomic E-state index is 13.8. The Morgan fingerprint density at radius 2 is 1.47 bits per heavy atom. The zero-order chi connectivity index (χ0) is 30.0. The normalized spacial score (nSPS) is 16.7. The van der Waals surface area contributed by atoms with Gasteiger partial charge in [-0.3, -0.25) is 9.89 Å². The molecule has 0 spiro atoms. The summed E-state index contributed by atoms with van der Waals surface area (Å²) in [6.45, 7) is 2.66. The molecule has 6 rings (SSSR count). The predicted molar refractivity (Wildman–Crippen MR) is 157 cm³/mol. The fourth-order valence-electron chi connectivity index (χ4n) is 5.34. The van der Waals surface area contributed by atoms with Crippen LogP contribution >= 0.6 is 0 Å². The molecule has 10 nitrogen and oxygen atoms in total. The van der Waals surface area contributed by atoms with Crippen molar-refractivity contribution in [2.45, 2.75) is 47.6 Å². The molecule has 2 saturated heterocycles. The lowest BCUT2D eigenvalue weighted by molar-refractivity contribution is 0.0904. The Labute approximate surface area is 247 Å². The van der Waals surface area contributed by atoms with Gasteiger partial charge in [0.2, 0.25) is 9.84 Å². The van der Waals surface area contributed by atoms with Crippen LogP contribution < -0.4 is 16.0 Å². The number of H-pyrrole nitrogens is 1. The van der Waals surface area contributed by atoms with Crippen molar-refractivity contribution < 1.29 is 31.5 Å². The lowest BCUT2D eigenvalue weighted by atomic mass is 10.0. The molecule has 0 unspecified atom stereocenters. The number of aromatic nitrogens is 2. The van der Waals surface area contributed by atoms with Crippen molar-refractivity contribution in [3.8, 4) is 0 Å². The van der Waals surface area contributed by atoms with E-state index in [0.717, 1.165) is 43.5 Å². The lowest BCUT2D eigenvalue weighted by Gasteiger charge is -2.27. The lowest BCUT2D eigenvalue weighted by Crippen LogP contribution is -2.30. The molecule has 4 N–H and O–H groups in total. The van der Waals surface area contributed by atoms with Crippen LogP contribution in [0.2, 0.25) is 0 Å². The third kappa shape index (κ3) is 6.48. The van der Waals surface area contributed by atoms with Gasteiger partial charge in [0.15, 0.2) is 5.82 Å². The fraction of sp³-hybridized carbons (Fsp3) is 0.333. The van der Waals surface area contributed by atoms with Gasteiger partial charge < -0.3 is 25.4 Å². The standard InChI is InChI=1S/C30H31F2N5O5S/c31-18-13-19(32)15-24(14-18)43(39,40)23-2-4-27-26(17-23)29(37-36-27)35-30(38)25-3-1-22(33-20-5-9-41-10-6-20)16-28(25)34-21-7-11-42-12-8-21/h1-4,13-17,20-21,33-34H,5-12H2,(H2,35,36,37,38). The van der Waals surface area contributed by atoms with Crippen LogP contribution in [0.1, 0.15) is 36.0 Å². The molecule has 0 radical (unpaired) electrons. The number of halogens is 2. The average molecular weight is 612 g/mol. The monoisotopic (exact) mass is 611 g/mol. The van der Waals surface area contributed by atoms with Crippen LogP contribution in [0.3, 0.4) is 0 Å². The zero-order valence-electron chi connectivity index (χ0n) is 23.2. The molecule has 1 amide bonds. The number of hydrogen-bond donors (Lipinski definition) is 4. The van der Waals surface area contributed by atoms with E-state index in [1.807, 2.05) is 12.1 Å². The number of amides is 1. The number of nitrogens with one attached hydrogen (secondary N) is 4. The van der Waals surface area contributed by atoms with Gasteiger partial charge in [-0.1, -0.05) is 0 Å². The number of ether oxygens (including phenoxy) is 2. The topological polar surface area (TPSA) is 134 Å². The zero-order valence-corrected chi connectivity index (χ0v) is 24.0. The first-order chi connectivity index (χ1) is 20.8. The number of sulfone groups is 1. The predicted octanol–water partition coefficient (Wildman–Crippen LogP) is 5.11. The molecule has 0 saturated carbocycles. The smallest absolute Gasteiger partial charge is 0.258 e. The minimum absolute atomic E-state index is 0.115. The van der Waals surface area contributed by atoms with E-state index in [4.69, 9.17) is 9.47 Å². The van der Waals surface area contributed by atoms with Crippen molar-refractivity contribution in [3.63, 3.8) is 0 Å². The van der Waals surface area contributed by atoms with Crippen LogP contribution in [-0.2, 0) is 19.3 Å². The first kappa shape index (κ1) is 29.0. The second-order valence-electron chi connectivity index (χ2n) is 10.7. The Kier molecular flexibility index (Phi) is 8.28. The average Bonchev–Trinajstić information content (AvgIpc) is 3.39. The second-order valence-corrected chi connectivity index (χ2v) is 12.6. The van der Waals surface area contributed by atoms with E-state index >= 15 is 0 Å². The summed E-state index contributed by atoms with van der Waals surface area (Å²) >= 11 is 0. The third-order valence-corrected chi connectivity index (χ3v) is 9.39. The van der Waals surface area contributed by atoms with Crippen molar-refractivity contribution in [3.05, 3.63) is 71.8 Å². The number of benzene rings is 3. The van der Waals surface area contributed by atoms with E-state index in [9.17, 15) is 22.0 Å². The van der Waals surface area contributed by atoms with E-state index in [-0.39, 0.29) is 22.8 Å². The first-order valence-corrected chi connectivity index (χ1v) is 15.6. The van der Waals surface area contributed by atoms with Crippen LogP contribution in [0.4, 0.5) is 26.0 Å². The van der Waals surface area contributed by atoms with E-state index in [1.165, 1.54) is 18.2 Å². The summed E-state index contributed by atoms with van der Waals surface area (Å²) in [6.07, 6.45) is 3.39. The molecule has 43 heavy (non-hydrogen) atoms. The van der Waals surface area contributed by atoms with Gasteiger partial charge in [-0.05, 0) is 74.2 Å². The van der Waals surface area contributed by atoms with Gasteiger partial charge in [-0.15, -0.1) is 0 Å². The number of fused-ring (bicyclic) bond motifs is 1. The Morgan fingerprint density at radius 3 is 2.14 bits per heavy atom. The molecule has 3 heterocycles. The molecule has 3 aromatic carbocycles. The van der Waals surface area contributed by atoms with Crippen molar-refractivity contribution in [1.82, 2.24) is 10.2 Å². The van der Waals surface area contributed by atoms with Gasteiger partial charge in [0.25, 0.3) is 5.91 Å². The molecule has 0 atom stereocenters. The number of anilines is 3. The fourth-order valence-corrected chi connectivity index (χ4v) is 6.67. The van der Waals surface area contributed by atoms with Crippen LogP contribution in [0, 0.1) is 11.6 Å². The third-order valence-electron chi connectivity index (χ3n) is 7.66. The number of carbonyl (C=O) groups excluding carboxylic acids is 1. The van der Waals surface area contributed by atoms with Gasteiger partial charge in [-0.2, -0.15) is 5.10 Å². The molecule has 13 heteroatoms. The molecule has 2 aliphatic rings. The molecule has 1 aromatic heterocycles. The molecular weight excluding hydrogens is 580 g/mol. The summed E-state index contributed by atoms with van der Waals surface area (Å²) in [4.78, 5) is 12.9. The quantitative estimate of drug-likeness (QED) is 0.216. The molecule has 0 aliphatic carbocycles. The van der Waals surface area contributed by atoms with Crippen molar-refractivity contribution in [2.24, 2.45) is 0 Å². The van der Waals surface area contributed by atoms with E-state index in [0.29, 0.717) is 54.6 Å². The maximum atomic E-state index is 13.8. The Morgan fingerprint density at radius 1 is 0.814 bits per heavy atom. The summed E-state index contributed by atoms with van der Waals surface area (Å²) < 4.78 is 64.9. The van der Waals surface area contributed by atoms with Crippen LogP contribution in [0.25, 0.3) is 10.9 Å². The van der Waals surface area contributed by atoms with E-state index in [1.54, 1.807) is 6.07 Å². The maximum Gasteiger partial charge on any atom is 0.258 e. The van der Waals surface area contributed by atoms with Crippen molar-refractivity contribution >= 4 is 43.8 Å². The van der Waals surface area contributed by atoms with Crippen LogP contribution in [0.15, 0.2) is 64.4 Å². The van der Waals surface area contributed by atoms with Gasteiger partial charge in [0, 0.05) is 61.3 Å². The summed E-state index contributed by atoms with van der Waals surface area (Å²) in [5.74, 6) is -2.34. The molecule has 2 aliphatic heterocycles. The molecule has 0 bridgehead atoms. The largest absolute Gasteiger partial charge is 0.382 e. The SMILES string of the molecule is O=C(Nc1n[nH]c2ccc(S(=O)(=O)c3cc(F)cc(F)c3)cc12)c1ccc(NC2CCOCC2)cc1NC1CCOCC1. The van der Waals surface area contributed by atoms with Crippen molar-refractivity contribution in [2.75, 3.05) is 42.4 Å². The Hall–Kier alpha value is -4.07. The Balaban J connectivity index is 1.28. The summed E-state index contributed by atoms with van der Waals surface area (Å²) in [5.41, 5.74) is 2.39. The van der Waals surface area contributed by atoms with Gasteiger partial charge in [0.1, 0.15) is 11.6 Å². The van der Waals surface area contributed by atoms with Gasteiger partial charge in [0.05, 0.1) is 20.9 Å². The van der Waals surface area contributed by atoms with Gasteiger partial charge >= 0.3 is 0 Å². The Bertz CT molecular complexity index is 1730. The number of rotatable bonds is 8. The number of aromatic amines is 1. The minimum Gasteiger partial charge on any atom is -0.382 e. The second kappa shape index (κ2) is 12.3. The summed E-state index contributed by atoms with van der Waals surface area (Å²) in [7, 11) is -4.26. The highest BCUT2D eigenvalue weighted by Crippen LogP contribution is 2.30. The molecule has 4 aromatic rings. The number of carbonyl (C=O) groups is 1. The molecular formula is C30H31F2N5O5S. The van der Waals surface area contributed by atoms with E-state index in [2.05, 4.69) is 26.1 Å². The first-order valence-electron chi connectivity index (χ1n) is 14.1. The number of hydrogen-bond acceptors (Lipinski definition) is 8. The van der Waals surface area contributed by atoms with E-state index < -0.39 is 32.3 Å². The van der Waals surface area contributed by atoms with Crippen LogP contribution in [0.5, 0.6) is 0 Å². The number of nitrogens with zero attached hydrogens (tertiary/aromatic N) is 1. The molecule has 226 valence electrons. The summed E-state index contributed by atoms with van der Waals surface area (Å²) in [5, 5.41) is 17.1.